The first-order valence-corrected chi connectivity index (χ1v) is 5.89. The highest BCUT2D eigenvalue weighted by atomic mass is 16.4. The molecule has 80 valence electrons. The molecule has 2 unspecified atom stereocenters. The molecule has 1 N–H and O–H groups in total. The van der Waals surface area contributed by atoms with Crippen LogP contribution >= 0.6 is 0 Å². The average molecular weight is 196 g/mol. The molecule has 2 heteroatoms. The lowest BCUT2D eigenvalue weighted by Crippen LogP contribution is -2.28. The molecule has 0 amide bonds. The summed E-state index contributed by atoms with van der Waals surface area (Å²) in [5, 5.41) is 9.35. The Labute approximate surface area is 85.7 Å². The van der Waals surface area contributed by atoms with Gasteiger partial charge in [-0.1, -0.05) is 26.2 Å². The van der Waals surface area contributed by atoms with E-state index in [0.717, 1.165) is 38.0 Å². The van der Waals surface area contributed by atoms with Crippen LogP contribution in [0, 0.1) is 17.3 Å². The molecule has 0 aromatic rings. The van der Waals surface area contributed by atoms with E-state index in [-0.39, 0.29) is 5.41 Å². The smallest absolute Gasteiger partial charge is 0.309 e. The van der Waals surface area contributed by atoms with Crippen LogP contribution in [0.25, 0.3) is 0 Å². The van der Waals surface area contributed by atoms with Crippen molar-refractivity contribution in [3.05, 3.63) is 0 Å². The number of carboxylic acids is 1. The van der Waals surface area contributed by atoms with Crippen molar-refractivity contribution < 1.29 is 9.90 Å². The number of carbonyl (C=O) groups is 1. The van der Waals surface area contributed by atoms with Gasteiger partial charge in [0.05, 0.1) is 5.41 Å². The van der Waals surface area contributed by atoms with Crippen LogP contribution in [0.1, 0.15) is 51.9 Å². The van der Waals surface area contributed by atoms with Gasteiger partial charge in [-0.05, 0) is 37.5 Å². The van der Waals surface area contributed by atoms with Gasteiger partial charge >= 0.3 is 5.97 Å². The minimum Gasteiger partial charge on any atom is -0.481 e. The van der Waals surface area contributed by atoms with E-state index in [2.05, 4.69) is 6.92 Å². The second-order valence-corrected chi connectivity index (χ2v) is 5.25. The zero-order valence-electron chi connectivity index (χ0n) is 8.96. The number of carboxylic acid groups (broad SMARTS) is 1. The molecule has 2 aliphatic rings. The number of rotatable bonds is 4. The Morgan fingerprint density at radius 3 is 2.50 bits per heavy atom. The van der Waals surface area contributed by atoms with Crippen LogP contribution in [0.4, 0.5) is 0 Å². The van der Waals surface area contributed by atoms with Crippen molar-refractivity contribution in [1.29, 1.82) is 0 Å². The van der Waals surface area contributed by atoms with Gasteiger partial charge < -0.3 is 5.11 Å². The van der Waals surface area contributed by atoms with Crippen molar-refractivity contribution in [2.75, 3.05) is 0 Å². The number of hydrogen-bond donors (Lipinski definition) is 1. The maximum absolute atomic E-state index is 11.3. The monoisotopic (exact) mass is 196 g/mol. The largest absolute Gasteiger partial charge is 0.481 e. The molecule has 0 aliphatic heterocycles. The first kappa shape index (κ1) is 10.0. The van der Waals surface area contributed by atoms with Gasteiger partial charge in [-0.3, -0.25) is 4.79 Å². The van der Waals surface area contributed by atoms with E-state index in [9.17, 15) is 9.90 Å². The molecule has 0 aromatic heterocycles. The van der Waals surface area contributed by atoms with Gasteiger partial charge in [0.2, 0.25) is 0 Å². The third-order valence-electron chi connectivity index (χ3n) is 4.12. The number of hydrogen-bond acceptors (Lipinski definition) is 1. The van der Waals surface area contributed by atoms with Crippen LogP contribution in [0.2, 0.25) is 0 Å². The van der Waals surface area contributed by atoms with Crippen LogP contribution in [0.15, 0.2) is 0 Å². The fourth-order valence-corrected chi connectivity index (χ4v) is 2.93. The lowest BCUT2D eigenvalue weighted by atomic mass is 9.80. The molecule has 0 heterocycles. The van der Waals surface area contributed by atoms with E-state index in [1.54, 1.807) is 0 Å². The summed E-state index contributed by atoms with van der Waals surface area (Å²) in [6.07, 6.45) is 7.65. The first-order chi connectivity index (χ1) is 6.66. The second-order valence-electron chi connectivity index (χ2n) is 5.25. The number of aliphatic carboxylic acids is 1. The van der Waals surface area contributed by atoms with E-state index in [1.807, 2.05) is 0 Å². The third kappa shape index (κ3) is 1.79. The van der Waals surface area contributed by atoms with Crippen molar-refractivity contribution in [1.82, 2.24) is 0 Å². The Morgan fingerprint density at radius 2 is 2.07 bits per heavy atom. The Morgan fingerprint density at radius 1 is 1.36 bits per heavy atom. The Balaban J connectivity index is 2.03. The van der Waals surface area contributed by atoms with Crippen LogP contribution < -0.4 is 0 Å². The van der Waals surface area contributed by atoms with Crippen molar-refractivity contribution in [2.24, 2.45) is 17.3 Å². The molecule has 0 spiro atoms. The zero-order valence-corrected chi connectivity index (χ0v) is 8.96. The standard InChI is InChI=1S/C12H20O2/c1-2-9-5-6-12(7-9,11(13)14)8-10-3-4-10/h9-10H,2-8H2,1H3,(H,13,14). The Hall–Kier alpha value is -0.530. The molecule has 2 aliphatic carbocycles. The summed E-state index contributed by atoms with van der Waals surface area (Å²) in [6.45, 7) is 2.18. The van der Waals surface area contributed by atoms with Gasteiger partial charge in [0.1, 0.15) is 0 Å². The van der Waals surface area contributed by atoms with Gasteiger partial charge in [-0.15, -0.1) is 0 Å². The minimum atomic E-state index is -0.527. The van der Waals surface area contributed by atoms with Gasteiger partial charge in [0.15, 0.2) is 0 Å². The van der Waals surface area contributed by atoms with Crippen LogP contribution in [-0.4, -0.2) is 11.1 Å². The van der Waals surface area contributed by atoms with Crippen molar-refractivity contribution in [3.8, 4) is 0 Å². The molecule has 2 fully saturated rings. The van der Waals surface area contributed by atoms with Gasteiger partial charge in [-0.25, -0.2) is 0 Å². The molecular formula is C12H20O2. The summed E-state index contributed by atoms with van der Waals surface area (Å²) in [4.78, 5) is 11.3. The zero-order chi connectivity index (χ0) is 10.2. The summed E-state index contributed by atoms with van der Waals surface area (Å²) in [7, 11) is 0. The lowest BCUT2D eigenvalue weighted by molar-refractivity contribution is -0.149. The molecule has 14 heavy (non-hydrogen) atoms. The molecular weight excluding hydrogens is 176 g/mol. The Kier molecular flexibility index (Phi) is 2.54. The van der Waals surface area contributed by atoms with E-state index in [0.29, 0.717) is 5.92 Å². The van der Waals surface area contributed by atoms with E-state index in [4.69, 9.17) is 0 Å². The SMILES string of the molecule is CCC1CCC(CC2CC2)(C(=O)O)C1. The molecule has 2 atom stereocenters. The molecule has 2 rings (SSSR count). The highest BCUT2D eigenvalue weighted by molar-refractivity contribution is 5.75. The minimum absolute atomic E-state index is 0.332. The molecule has 0 bridgehead atoms. The van der Waals surface area contributed by atoms with Crippen molar-refractivity contribution in [3.63, 3.8) is 0 Å². The van der Waals surface area contributed by atoms with E-state index >= 15 is 0 Å². The molecule has 0 radical (unpaired) electrons. The summed E-state index contributed by atoms with van der Waals surface area (Å²) in [5.74, 6) is 0.881. The first-order valence-electron chi connectivity index (χ1n) is 5.89. The van der Waals surface area contributed by atoms with Crippen LogP contribution in [0.5, 0.6) is 0 Å². The maximum atomic E-state index is 11.3. The highest BCUT2D eigenvalue weighted by Gasteiger charge is 2.47. The van der Waals surface area contributed by atoms with Gasteiger partial charge in [0, 0.05) is 0 Å². The third-order valence-corrected chi connectivity index (χ3v) is 4.12. The second kappa shape index (κ2) is 3.56. The maximum Gasteiger partial charge on any atom is 0.309 e. The van der Waals surface area contributed by atoms with Crippen LogP contribution in [0.3, 0.4) is 0 Å². The highest BCUT2D eigenvalue weighted by Crippen LogP contribution is 2.51. The summed E-state index contributed by atoms with van der Waals surface area (Å²) >= 11 is 0. The fourth-order valence-electron chi connectivity index (χ4n) is 2.93. The summed E-state index contributed by atoms with van der Waals surface area (Å²) < 4.78 is 0. The molecule has 0 aromatic carbocycles. The summed E-state index contributed by atoms with van der Waals surface area (Å²) in [5.41, 5.74) is -0.332. The average Bonchev–Trinajstić information content (AvgIpc) is 2.83. The molecule has 2 saturated carbocycles. The van der Waals surface area contributed by atoms with Crippen LogP contribution in [-0.2, 0) is 4.79 Å². The Bertz CT molecular complexity index is 232. The summed E-state index contributed by atoms with van der Waals surface area (Å²) in [6, 6.07) is 0. The van der Waals surface area contributed by atoms with Crippen molar-refractivity contribution >= 4 is 5.97 Å². The normalized spacial score (nSPS) is 37.4. The van der Waals surface area contributed by atoms with E-state index < -0.39 is 5.97 Å². The molecule has 2 nitrogen and oxygen atoms in total. The fraction of sp³-hybridized carbons (Fsp3) is 0.917. The quantitative estimate of drug-likeness (QED) is 0.750. The van der Waals surface area contributed by atoms with Crippen molar-refractivity contribution in [2.45, 2.75) is 51.9 Å². The van der Waals surface area contributed by atoms with Gasteiger partial charge in [-0.2, -0.15) is 0 Å². The topological polar surface area (TPSA) is 37.3 Å². The lowest BCUT2D eigenvalue weighted by Gasteiger charge is -2.24. The predicted octanol–water partition coefficient (Wildman–Crippen LogP) is 3.07. The molecule has 0 saturated heterocycles. The van der Waals surface area contributed by atoms with Gasteiger partial charge in [0.25, 0.3) is 0 Å². The predicted molar refractivity (Wildman–Crippen MR) is 55.0 cm³/mol. The van der Waals surface area contributed by atoms with E-state index in [1.165, 1.54) is 12.8 Å².